The minimum atomic E-state index is -1.14. The fraction of sp³-hybridized carbons (Fsp3) is 0.615. The van der Waals surface area contributed by atoms with Gasteiger partial charge in [-0.1, -0.05) is 19.3 Å². The Labute approximate surface area is 117 Å². The highest BCUT2D eigenvalue weighted by Gasteiger charge is 2.41. The van der Waals surface area contributed by atoms with Crippen LogP contribution in [0.1, 0.15) is 43.5 Å². The summed E-state index contributed by atoms with van der Waals surface area (Å²) in [5.74, 6) is -0.965. The van der Waals surface area contributed by atoms with Crippen LogP contribution in [0.3, 0.4) is 0 Å². The maximum absolute atomic E-state index is 12.1. The van der Waals surface area contributed by atoms with Crippen molar-refractivity contribution in [1.82, 2.24) is 15.5 Å². The Morgan fingerprint density at radius 2 is 1.90 bits per heavy atom. The first-order chi connectivity index (χ1) is 9.44. The first-order valence-electron chi connectivity index (χ1n) is 6.79. The van der Waals surface area contributed by atoms with Crippen molar-refractivity contribution >= 4 is 17.7 Å². The second-order valence-corrected chi connectivity index (χ2v) is 5.34. The van der Waals surface area contributed by atoms with Crippen molar-refractivity contribution in [2.75, 3.05) is 5.32 Å². The Kier molecular flexibility index (Phi) is 3.96. The monoisotopic (exact) mass is 280 g/mol. The number of nitrogens with zero attached hydrogens (tertiary/aromatic N) is 1. The van der Waals surface area contributed by atoms with Gasteiger partial charge in [0.15, 0.2) is 0 Å². The quantitative estimate of drug-likeness (QED) is 0.678. The molecule has 0 atom stereocenters. The Hall–Kier alpha value is -2.05. The van der Waals surface area contributed by atoms with E-state index in [1.807, 2.05) is 0 Å². The molecule has 0 radical (unpaired) electrons. The highest BCUT2D eigenvalue weighted by atomic mass is 16.4. The summed E-state index contributed by atoms with van der Waals surface area (Å²) < 4.78 is 0. The number of nitrogens with one attached hydrogen (secondary N) is 3. The summed E-state index contributed by atoms with van der Waals surface area (Å²) in [7, 11) is 0. The lowest BCUT2D eigenvalue weighted by molar-refractivity contribution is -0.145. The van der Waals surface area contributed by atoms with E-state index in [9.17, 15) is 14.7 Å². The second-order valence-electron chi connectivity index (χ2n) is 5.34. The SMILES string of the molecule is Cc1n[nH]c(C)c1NC(=O)NC1(C(=O)O)CCCCC1. The third kappa shape index (κ3) is 2.76. The van der Waals surface area contributed by atoms with Crippen LogP contribution in [0, 0.1) is 13.8 Å². The molecule has 0 aliphatic heterocycles. The predicted octanol–water partition coefficient (Wildman–Crippen LogP) is 1.94. The zero-order valence-electron chi connectivity index (χ0n) is 11.7. The van der Waals surface area contributed by atoms with Gasteiger partial charge in [-0.25, -0.2) is 9.59 Å². The van der Waals surface area contributed by atoms with Crippen molar-refractivity contribution in [2.45, 2.75) is 51.5 Å². The number of amides is 2. The number of hydrogen-bond donors (Lipinski definition) is 4. The first kappa shape index (κ1) is 14.4. The number of anilines is 1. The number of carbonyl (C=O) groups is 2. The number of carboxylic acid groups (broad SMARTS) is 1. The number of hydrogen-bond acceptors (Lipinski definition) is 3. The number of carboxylic acids is 1. The molecule has 1 aromatic heterocycles. The molecule has 7 heteroatoms. The number of rotatable bonds is 3. The molecule has 20 heavy (non-hydrogen) atoms. The van der Waals surface area contributed by atoms with E-state index in [4.69, 9.17) is 0 Å². The van der Waals surface area contributed by atoms with Crippen molar-refractivity contribution in [3.63, 3.8) is 0 Å². The lowest BCUT2D eigenvalue weighted by Gasteiger charge is -2.33. The largest absolute Gasteiger partial charge is 0.480 e. The first-order valence-corrected chi connectivity index (χ1v) is 6.79. The molecule has 1 aliphatic rings. The van der Waals surface area contributed by atoms with E-state index in [1.54, 1.807) is 13.8 Å². The van der Waals surface area contributed by atoms with Crippen LogP contribution >= 0.6 is 0 Å². The van der Waals surface area contributed by atoms with Crippen LogP contribution in [0.2, 0.25) is 0 Å². The molecule has 7 nitrogen and oxygen atoms in total. The van der Waals surface area contributed by atoms with E-state index in [-0.39, 0.29) is 0 Å². The molecular formula is C13H20N4O3. The van der Waals surface area contributed by atoms with Gasteiger partial charge < -0.3 is 15.7 Å². The molecule has 110 valence electrons. The standard InChI is InChI=1S/C13H20N4O3/c1-8-10(9(2)17-16-8)14-12(20)15-13(11(18)19)6-4-3-5-7-13/h3-7H2,1-2H3,(H,16,17)(H,18,19)(H2,14,15,20). The molecule has 1 fully saturated rings. The lowest BCUT2D eigenvalue weighted by Crippen LogP contribution is -2.56. The summed E-state index contributed by atoms with van der Waals surface area (Å²) in [4.78, 5) is 23.6. The Bertz CT molecular complexity index is 498. The molecule has 4 N–H and O–H groups in total. The molecule has 1 saturated carbocycles. The van der Waals surface area contributed by atoms with Gasteiger partial charge in [0.05, 0.1) is 17.1 Å². The molecule has 0 bridgehead atoms. The molecule has 0 saturated heterocycles. The van der Waals surface area contributed by atoms with Gasteiger partial charge in [0.2, 0.25) is 0 Å². The fourth-order valence-electron chi connectivity index (χ4n) is 2.64. The van der Waals surface area contributed by atoms with Crippen LogP contribution in [-0.4, -0.2) is 32.8 Å². The number of aromatic nitrogens is 2. The normalized spacial score (nSPS) is 17.5. The van der Waals surface area contributed by atoms with Gasteiger partial charge in [-0.15, -0.1) is 0 Å². The third-order valence-corrected chi connectivity index (χ3v) is 3.84. The van der Waals surface area contributed by atoms with E-state index in [1.165, 1.54) is 0 Å². The van der Waals surface area contributed by atoms with Crippen LogP contribution in [0.25, 0.3) is 0 Å². The van der Waals surface area contributed by atoms with Crippen molar-refractivity contribution < 1.29 is 14.7 Å². The van der Waals surface area contributed by atoms with Gasteiger partial charge in [-0.05, 0) is 26.7 Å². The van der Waals surface area contributed by atoms with E-state index in [0.29, 0.717) is 24.2 Å². The van der Waals surface area contributed by atoms with Crippen LogP contribution in [0.15, 0.2) is 0 Å². The van der Waals surface area contributed by atoms with Gasteiger partial charge in [-0.3, -0.25) is 5.10 Å². The summed E-state index contributed by atoms with van der Waals surface area (Å²) in [5, 5.41) is 21.5. The number of aliphatic carboxylic acids is 1. The summed E-state index contributed by atoms with van der Waals surface area (Å²) in [6.45, 7) is 3.57. The molecule has 1 aromatic rings. The molecule has 1 heterocycles. The Balaban J connectivity index is 2.08. The lowest BCUT2D eigenvalue weighted by atomic mass is 9.82. The molecule has 0 spiro atoms. The third-order valence-electron chi connectivity index (χ3n) is 3.84. The Morgan fingerprint density at radius 3 is 2.40 bits per heavy atom. The van der Waals surface area contributed by atoms with Gasteiger partial charge >= 0.3 is 12.0 Å². The molecule has 0 aromatic carbocycles. The Morgan fingerprint density at radius 1 is 1.25 bits per heavy atom. The maximum Gasteiger partial charge on any atom is 0.329 e. The highest BCUT2D eigenvalue weighted by Crippen LogP contribution is 2.28. The van der Waals surface area contributed by atoms with Crippen LogP contribution < -0.4 is 10.6 Å². The molecule has 2 rings (SSSR count). The average Bonchev–Trinajstić information content (AvgIpc) is 2.71. The summed E-state index contributed by atoms with van der Waals surface area (Å²) in [6.07, 6.45) is 3.59. The number of H-pyrrole nitrogens is 1. The number of urea groups is 1. The van der Waals surface area contributed by atoms with Gasteiger partial charge in [0.25, 0.3) is 0 Å². The topological polar surface area (TPSA) is 107 Å². The molecular weight excluding hydrogens is 260 g/mol. The second kappa shape index (κ2) is 5.52. The van der Waals surface area contributed by atoms with E-state index >= 15 is 0 Å². The summed E-state index contributed by atoms with van der Waals surface area (Å²) >= 11 is 0. The summed E-state index contributed by atoms with van der Waals surface area (Å²) in [5.41, 5.74) is 0.864. The van der Waals surface area contributed by atoms with Crippen LogP contribution in [0.4, 0.5) is 10.5 Å². The van der Waals surface area contributed by atoms with Crippen LogP contribution in [0.5, 0.6) is 0 Å². The fourth-order valence-corrected chi connectivity index (χ4v) is 2.64. The predicted molar refractivity (Wildman–Crippen MR) is 73.7 cm³/mol. The van der Waals surface area contributed by atoms with Crippen molar-refractivity contribution in [3.8, 4) is 0 Å². The van der Waals surface area contributed by atoms with Crippen molar-refractivity contribution in [2.24, 2.45) is 0 Å². The zero-order chi connectivity index (χ0) is 14.8. The number of aromatic amines is 1. The van der Waals surface area contributed by atoms with Crippen molar-refractivity contribution in [1.29, 1.82) is 0 Å². The molecule has 1 aliphatic carbocycles. The average molecular weight is 280 g/mol. The maximum atomic E-state index is 12.1. The molecule has 0 unspecified atom stereocenters. The minimum Gasteiger partial charge on any atom is -0.480 e. The van der Waals surface area contributed by atoms with Crippen LogP contribution in [-0.2, 0) is 4.79 Å². The van der Waals surface area contributed by atoms with E-state index < -0.39 is 17.5 Å². The highest BCUT2D eigenvalue weighted by molar-refractivity contribution is 5.94. The molecule has 2 amide bonds. The van der Waals surface area contributed by atoms with Crippen molar-refractivity contribution in [3.05, 3.63) is 11.4 Å². The van der Waals surface area contributed by atoms with Gasteiger partial charge in [-0.2, -0.15) is 5.10 Å². The number of aryl methyl sites for hydroxylation is 2. The minimum absolute atomic E-state index is 0.471. The summed E-state index contributed by atoms with van der Waals surface area (Å²) in [6, 6.07) is -0.498. The zero-order valence-corrected chi connectivity index (χ0v) is 11.7. The smallest absolute Gasteiger partial charge is 0.329 e. The van der Waals surface area contributed by atoms with E-state index in [2.05, 4.69) is 20.8 Å². The van der Waals surface area contributed by atoms with Gasteiger partial charge in [0.1, 0.15) is 5.54 Å². The van der Waals surface area contributed by atoms with Gasteiger partial charge in [0, 0.05) is 0 Å². The van der Waals surface area contributed by atoms with E-state index in [0.717, 1.165) is 25.0 Å². The number of carbonyl (C=O) groups excluding carboxylic acids is 1.